The van der Waals surface area contributed by atoms with Gasteiger partial charge in [0.1, 0.15) is 11.3 Å². The Balaban J connectivity index is 2.42. The first-order valence-electron chi connectivity index (χ1n) is 6.08. The van der Waals surface area contributed by atoms with Crippen molar-refractivity contribution in [1.29, 1.82) is 0 Å². The second-order valence-electron chi connectivity index (χ2n) is 4.36. The Hall–Kier alpha value is -1.32. The van der Waals surface area contributed by atoms with Gasteiger partial charge < -0.3 is 9.73 Å². The smallest absolute Gasteiger partial charge is 0.134 e. The summed E-state index contributed by atoms with van der Waals surface area (Å²) in [4.78, 5) is 2.25. The lowest BCUT2D eigenvalue weighted by molar-refractivity contribution is 0.312. The average molecular weight is 232 g/mol. The molecule has 0 spiro atoms. The molecule has 0 aliphatic heterocycles. The fourth-order valence-corrected chi connectivity index (χ4v) is 2.00. The van der Waals surface area contributed by atoms with Crippen LogP contribution in [0.3, 0.4) is 0 Å². The van der Waals surface area contributed by atoms with E-state index in [0.29, 0.717) is 0 Å². The van der Waals surface area contributed by atoms with E-state index < -0.39 is 0 Å². The van der Waals surface area contributed by atoms with E-state index in [1.165, 1.54) is 10.9 Å². The van der Waals surface area contributed by atoms with Crippen LogP contribution in [0, 0.1) is 0 Å². The minimum Gasteiger partial charge on any atom is -0.459 e. The summed E-state index contributed by atoms with van der Waals surface area (Å²) in [7, 11) is 4.07. The van der Waals surface area contributed by atoms with Gasteiger partial charge in [-0.1, -0.05) is 25.1 Å². The zero-order valence-corrected chi connectivity index (χ0v) is 10.8. The summed E-state index contributed by atoms with van der Waals surface area (Å²) in [5, 5.41) is 4.44. The molecule has 1 aromatic heterocycles. The molecule has 0 saturated heterocycles. The van der Waals surface area contributed by atoms with Crippen LogP contribution in [-0.2, 0) is 13.1 Å². The van der Waals surface area contributed by atoms with Crippen LogP contribution in [0.1, 0.15) is 18.2 Å². The summed E-state index contributed by atoms with van der Waals surface area (Å²) in [5.41, 5.74) is 2.26. The van der Waals surface area contributed by atoms with Gasteiger partial charge in [-0.3, -0.25) is 4.90 Å². The van der Waals surface area contributed by atoms with E-state index in [2.05, 4.69) is 36.3 Å². The van der Waals surface area contributed by atoms with Crippen molar-refractivity contribution >= 4 is 11.0 Å². The Morgan fingerprint density at radius 2 is 2.06 bits per heavy atom. The van der Waals surface area contributed by atoms with Gasteiger partial charge in [-0.2, -0.15) is 0 Å². The summed E-state index contributed by atoms with van der Waals surface area (Å²) < 4.78 is 5.94. The second kappa shape index (κ2) is 5.34. The van der Waals surface area contributed by atoms with E-state index in [4.69, 9.17) is 4.42 Å². The molecule has 1 heterocycles. The molecule has 92 valence electrons. The Kier molecular flexibility index (Phi) is 3.82. The normalized spacial score (nSPS) is 11.5. The summed E-state index contributed by atoms with van der Waals surface area (Å²) in [6.07, 6.45) is 0. The van der Waals surface area contributed by atoms with E-state index in [1.807, 2.05) is 19.2 Å². The molecule has 0 atom stereocenters. The van der Waals surface area contributed by atoms with Gasteiger partial charge in [0, 0.05) is 17.5 Å². The number of rotatable bonds is 5. The van der Waals surface area contributed by atoms with E-state index in [-0.39, 0.29) is 0 Å². The minimum absolute atomic E-state index is 0.851. The monoisotopic (exact) mass is 232 g/mol. The first-order valence-corrected chi connectivity index (χ1v) is 6.08. The molecule has 0 bridgehead atoms. The number of benzene rings is 1. The van der Waals surface area contributed by atoms with Gasteiger partial charge in [-0.25, -0.2) is 0 Å². The number of nitrogens with one attached hydrogen (secondary N) is 1. The minimum atomic E-state index is 0.851. The molecule has 2 rings (SSSR count). The number of nitrogens with zero attached hydrogens (tertiary/aromatic N) is 1. The van der Waals surface area contributed by atoms with Crippen LogP contribution in [0.5, 0.6) is 0 Å². The molecule has 1 N–H and O–H groups in total. The Morgan fingerprint density at radius 3 is 2.76 bits per heavy atom. The van der Waals surface area contributed by atoms with Gasteiger partial charge >= 0.3 is 0 Å². The van der Waals surface area contributed by atoms with Crippen molar-refractivity contribution in [2.45, 2.75) is 20.0 Å². The van der Waals surface area contributed by atoms with Gasteiger partial charge in [0.25, 0.3) is 0 Å². The quantitative estimate of drug-likeness (QED) is 0.859. The Bertz CT molecular complexity index is 490. The number of fused-ring (bicyclic) bond motifs is 1. The molecular formula is C14H20N2O. The molecule has 0 amide bonds. The lowest BCUT2D eigenvalue weighted by Crippen LogP contribution is -2.18. The van der Waals surface area contributed by atoms with Gasteiger partial charge in [0.15, 0.2) is 0 Å². The molecule has 1 aromatic carbocycles. The van der Waals surface area contributed by atoms with Crippen molar-refractivity contribution in [3.05, 3.63) is 35.6 Å². The molecule has 2 aromatic rings. The van der Waals surface area contributed by atoms with Crippen molar-refractivity contribution < 1.29 is 4.42 Å². The molecule has 0 fully saturated rings. The topological polar surface area (TPSA) is 28.4 Å². The van der Waals surface area contributed by atoms with Gasteiger partial charge in [-0.15, -0.1) is 0 Å². The van der Waals surface area contributed by atoms with E-state index >= 15 is 0 Å². The molecule has 0 aliphatic rings. The lowest BCUT2D eigenvalue weighted by atomic mass is 10.1. The maximum absolute atomic E-state index is 5.94. The zero-order valence-electron chi connectivity index (χ0n) is 10.8. The van der Waals surface area contributed by atoms with Crippen LogP contribution >= 0.6 is 0 Å². The van der Waals surface area contributed by atoms with E-state index in [1.54, 1.807) is 0 Å². The maximum Gasteiger partial charge on any atom is 0.134 e. The molecule has 0 unspecified atom stereocenters. The fraction of sp³-hybridized carbons (Fsp3) is 0.429. The number of furan rings is 1. The highest BCUT2D eigenvalue weighted by atomic mass is 16.3. The molecular weight excluding hydrogens is 212 g/mol. The molecule has 0 saturated carbocycles. The van der Waals surface area contributed by atoms with E-state index in [0.717, 1.165) is 31.0 Å². The summed E-state index contributed by atoms with van der Waals surface area (Å²) in [5.74, 6) is 1.07. The second-order valence-corrected chi connectivity index (χ2v) is 4.36. The van der Waals surface area contributed by atoms with Crippen LogP contribution in [0.15, 0.2) is 28.7 Å². The summed E-state index contributed by atoms with van der Waals surface area (Å²) >= 11 is 0. The third kappa shape index (κ3) is 2.51. The first kappa shape index (κ1) is 12.1. The average Bonchev–Trinajstić information content (AvgIpc) is 2.68. The largest absolute Gasteiger partial charge is 0.459 e. The number of hydrogen-bond acceptors (Lipinski definition) is 3. The van der Waals surface area contributed by atoms with Crippen LogP contribution in [0.25, 0.3) is 11.0 Å². The van der Waals surface area contributed by atoms with Crippen LogP contribution in [0.4, 0.5) is 0 Å². The fourth-order valence-electron chi connectivity index (χ4n) is 2.00. The van der Waals surface area contributed by atoms with Crippen molar-refractivity contribution in [3.8, 4) is 0 Å². The SMILES string of the molecule is CCN(C)Cc1oc2ccccc2c1CNC. The van der Waals surface area contributed by atoms with Gasteiger partial charge in [0.05, 0.1) is 6.54 Å². The Labute approximate surface area is 102 Å². The molecule has 17 heavy (non-hydrogen) atoms. The third-order valence-corrected chi connectivity index (χ3v) is 3.09. The molecule has 3 nitrogen and oxygen atoms in total. The zero-order chi connectivity index (χ0) is 12.3. The lowest BCUT2D eigenvalue weighted by Gasteiger charge is -2.12. The highest BCUT2D eigenvalue weighted by Crippen LogP contribution is 2.26. The summed E-state index contributed by atoms with van der Waals surface area (Å²) in [6, 6.07) is 8.23. The molecule has 0 aliphatic carbocycles. The number of hydrogen-bond donors (Lipinski definition) is 1. The van der Waals surface area contributed by atoms with E-state index in [9.17, 15) is 0 Å². The number of para-hydroxylation sites is 1. The van der Waals surface area contributed by atoms with Crippen molar-refractivity contribution in [2.75, 3.05) is 20.6 Å². The predicted molar refractivity (Wildman–Crippen MR) is 71.0 cm³/mol. The first-order chi connectivity index (χ1) is 8.26. The maximum atomic E-state index is 5.94. The van der Waals surface area contributed by atoms with Crippen LogP contribution in [0.2, 0.25) is 0 Å². The third-order valence-electron chi connectivity index (χ3n) is 3.09. The van der Waals surface area contributed by atoms with Crippen LogP contribution in [-0.4, -0.2) is 25.5 Å². The highest BCUT2D eigenvalue weighted by Gasteiger charge is 2.13. The van der Waals surface area contributed by atoms with Crippen LogP contribution < -0.4 is 5.32 Å². The molecule has 0 radical (unpaired) electrons. The summed E-state index contributed by atoms with van der Waals surface area (Å²) in [6.45, 7) is 4.89. The molecule has 3 heteroatoms. The predicted octanol–water partition coefficient (Wildman–Crippen LogP) is 2.60. The highest BCUT2D eigenvalue weighted by molar-refractivity contribution is 5.82. The Morgan fingerprint density at radius 1 is 1.29 bits per heavy atom. The van der Waals surface area contributed by atoms with Crippen molar-refractivity contribution in [1.82, 2.24) is 10.2 Å². The van der Waals surface area contributed by atoms with Crippen molar-refractivity contribution in [2.24, 2.45) is 0 Å². The van der Waals surface area contributed by atoms with Gasteiger partial charge in [-0.05, 0) is 26.7 Å². The standard InChI is InChI=1S/C14H20N2O/c1-4-16(3)10-14-12(9-15-2)11-7-5-6-8-13(11)17-14/h5-8,15H,4,9-10H2,1-3H3. The van der Waals surface area contributed by atoms with Gasteiger partial charge in [0.2, 0.25) is 0 Å². The van der Waals surface area contributed by atoms with Crippen molar-refractivity contribution in [3.63, 3.8) is 0 Å².